The van der Waals surface area contributed by atoms with Crippen LogP contribution in [0, 0.1) is 0 Å². The Kier molecular flexibility index (Phi) is 7.39. The normalized spacial score (nSPS) is 14.1. The lowest BCUT2D eigenvalue weighted by Gasteiger charge is -2.19. The Balaban J connectivity index is 1.64. The van der Waals surface area contributed by atoms with E-state index < -0.39 is 0 Å². The number of rotatable bonds is 7. The molecule has 1 aromatic carbocycles. The van der Waals surface area contributed by atoms with Crippen molar-refractivity contribution in [2.24, 2.45) is 0 Å². The lowest BCUT2D eigenvalue weighted by molar-refractivity contribution is -0.130. The Morgan fingerprint density at radius 1 is 0.926 bits per heavy atom. The summed E-state index contributed by atoms with van der Waals surface area (Å²) < 4.78 is 0. The van der Waals surface area contributed by atoms with Crippen molar-refractivity contribution in [3.63, 3.8) is 0 Å². The molecule has 0 aliphatic carbocycles. The molecule has 0 radical (unpaired) electrons. The molecular formula is C21H31N3O3. The third-order valence-corrected chi connectivity index (χ3v) is 4.77. The predicted molar refractivity (Wildman–Crippen MR) is 106 cm³/mol. The number of hydrogen-bond donors (Lipinski definition) is 2. The largest absolute Gasteiger partial charge is 0.356 e. The number of carbonyl (C=O) groups is 3. The number of likely N-dealkylation sites (tertiary alicyclic amines) is 1. The molecule has 0 aromatic heterocycles. The van der Waals surface area contributed by atoms with E-state index in [1.54, 1.807) is 12.1 Å². The van der Waals surface area contributed by atoms with Gasteiger partial charge < -0.3 is 15.5 Å². The highest BCUT2D eigenvalue weighted by Crippen LogP contribution is 2.22. The molecule has 1 heterocycles. The maximum Gasteiger partial charge on any atom is 0.251 e. The second-order valence-corrected chi connectivity index (χ2v) is 8.02. The first-order chi connectivity index (χ1) is 12.8. The van der Waals surface area contributed by atoms with Gasteiger partial charge in [-0.1, -0.05) is 32.9 Å². The van der Waals surface area contributed by atoms with Crippen LogP contribution in [0.15, 0.2) is 24.3 Å². The molecule has 6 heteroatoms. The van der Waals surface area contributed by atoms with Crippen LogP contribution in [0.1, 0.15) is 62.4 Å². The molecule has 2 rings (SSSR count). The van der Waals surface area contributed by atoms with Gasteiger partial charge >= 0.3 is 0 Å². The summed E-state index contributed by atoms with van der Waals surface area (Å²) in [5.74, 6) is -0.250. The molecule has 1 aliphatic rings. The van der Waals surface area contributed by atoms with Gasteiger partial charge in [-0.3, -0.25) is 14.4 Å². The second-order valence-electron chi connectivity index (χ2n) is 8.02. The lowest BCUT2D eigenvalue weighted by Crippen LogP contribution is -2.34. The molecule has 0 bridgehead atoms. The maximum absolute atomic E-state index is 12.1. The first kappa shape index (κ1) is 20.9. The third kappa shape index (κ3) is 6.70. The number of nitrogens with zero attached hydrogens (tertiary/aromatic N) is 1. The van der Waals surface area contributed by atoms with Crippen LogP contribution in [-0.2, 0) is 15.0 Å². The van der Waals surface area contributed by atoms with Crippen LogP contribution >= 0.6 is 0 Å². The molecule has 1 aromatic rings. The molecule has 1 fully saturated rings. The summed E-state index contributed by atoms with van der Waals surface area (Å²) in [5, 5.41) is 5.49. The van der Waals surface area contributed by atoms with E-state index in [1.165, 1.54) is 5.56 Å². The average Bonchev–Trinajstić information content (AvgIpc) is 3.15. The minimum atomic E-state index is -0.188. The molecule has 1 saturated heterocycles. The number of carbonyl (C=O) groups excluding carboxylic acids is 3. The predicted octanol–water partition coefficient (Wildman–Crippen LogP) is 2.23. The van der Waals surface area contributed by atoms with E-state index in [0.717, 1.165) is 25.9 Å². The first-order valence-corrected chi connectivity index (χ1v) is 9.70. The minimum Gasteiger partial charge on any atom is -0.356 e. The van der Waals surface area contributed by atoms with E-state index in [2.05, 4.69) is 31.4 Å². The van der Waals surface area contributed by atoms with Gasteiger partial charge in [0.05, 0.1) is 0 Å². The van der Waals surface area contributed by atoms with Crippen LogP contribution in [0.2, 0.25) is 0 Å². The highest BCUT2D eigenvalue weighted by Gasteiger charge is 2.17. The van der Waals surface area contributed by atoms with Crippen molar-refractivity contribution in [1.29, 1.82) is 0 Å². The molecule has 0 unspecified atom stereocenters. The Morgan fingerprint density at radius 3 is 2.11 bits per heavy atom. The maximum atomic E-state index is 12.1. The summed E-state index contributed by atoms with van der Waals surface area (Å²) in [6.45, 7) is 8.64. The van der Waals surface area contributed by atoms with Crippen LogP contribution < -0.4 is 10.6 Å². The fourth-order valence-corrected chi connectivity index (χ4v) is 3.04. The number of amides is 3. The SMILES string of the molecule is CC(C)(C)c1ccc(C(=O)NCCC(=O)NCCC(=O)N2CCCC2)cc1. The van der Waals surface area contributed by atoms with Crippen molar-refractivity contribution in [1.82, 2.24) is 15.5 Å². The monoisotopic (exact) mass is 373 g/mol. The molecule has 27 heavy (non-hydrogen) atoms. The highest BCUT2D eigenvalue weighted by molar-refractivity contribution is 5.94. The van der Waals surface area contributed by atoms with E-state index >= 15 is 0 Å². The first-order valence-electron chi connectivity index (χ1n) is 9.70. The van der Waals surface area contributed by atoms with Gasteiger partial charge in [0, 0.05) is 44.6 Å². The van der Waals surface area contributed by atoms with Gasteiger partial charge in [-0.25, -0.2) is 0 Å². The Labute approximate surface area is 161 Å². The van der Waals surface area contributed by atoms with Gasteiger partial charge in [0.1, 0.15) is 0 Å². The Hall–Kier alpha value is -2.37. The van der Waals surface area contributed by atoms with Crippen LogP contribution in [0.4, 0.5) is 0 Å². The zero-order chi connectivity index (χ0) is 19.9. The van der Waals surface area contributed by atoms with Crippen LogP contribution in [-0.4, -0.2) is 48.8 Å². The molecular weight excluding hydrogens is 342 g/mol. The Bertz CT molecular complexity index is 656. The van der Waals surface area contributed by atoms with Gasteiger partial charge in [0.15, 0.2) is 0 Å². The van der Waals surface area contributed by atoms with Crippen molar-refractivity contribution >= 4 is 17.7 Å². The van der Waals surface area contributed by atoms with Gasteiger partial charge in [0.25, 0.3) is 5.91 Å². The molecule has 2 N–H and O–H groups in total. The third-order valence-electron chi connectivity index (χ3n) is 4.77. The van der Waals surface area contributed by atoms with Crippen molar-refractivity contribution in [3.8, 4) is 0 Å². The lowest BCUT2D eigenvalue weighted by atomic mass is 9.87. The van der Waals surface area contributed by atoms with E-state index in [-0.39, 0.29) is 36.1 Å². The van der Waals surface area contributed by atoms with Crippen molar-refractivity contribution in [3.05, 3.63) is 35.4 Å². The van der Waals surface area contributed by atoms with Crippen molar-refractivity contribution in [2.45, 2.75) is 51.9 Å². The fourth-order valence-electron chi connectivity index (χ4n) is 3.04. The van der Waals surface area contributed by atoms with E-state index in [1.807, 2.05) is 17.0 Å². The zero-order valence-corrected chi connectivity index (χ0v) is 16.6. The molecule has 148 valence electrons. The smallest absolute Gasteiger partial charge is 0.251 e. The molecule has 3 amide bonds. The Morgan fingerprint density at radius 2 is 1.52 bits per heavy atom. The number of benzene rings is 1. The van der Waals surface area contributed by atoms with Crippen molar-refractivity contribution in [2.75, 3.05) is 26.2 Å². The summed E-state index contributed by atoms with van der Waals surface area (Å²) >= 11 is 0. The molecule has 0 atom stereocenters. The van der Waals surface area contributed by atoms with Gasteiger partial charge in [0.2, 0.25) is 11.8 Å². The summed E-state index contributed by atoms with van der Waals surface area (Å²) in [6, 6.07) is 7.53. The minimum absolute atomic E-state index is 0.0449. The molecule has 6 nitrogen and oxygen atoms in total. The standard InChI is InChI=1S/C21H31N3O3/c1-21(2,3)17-8-6-16(7-9-17)20(27)23-12-10-18(25)22-13-11-19(26)24-14-4-5-15-24/h6-9H,4-5,10-15H2,1-3H3,(H,22,25)(H,23,27). The van der Waals surface area contributed by atoms with Gasteiger partial charge in [-0.15, -0.1) is 0 Å². The van der Waals surface area contributed by atoms with E-state index in [9.17, 15) is 14.4 Å². The fraction of sp³-hybridized carbons (Fsp3) is 0.571. The van der Waals surface area contributed by atoms with Crippen LogP contribution in [0.25, 0.3) is 0 Å². The molecule has 0 spiro atoms. The summed E-state index contributed by atoms with van der Waals surface area (Å²) in [7, 11) is 0. The zero-order valence-electron chi connectivity index (χ0n) is 16.6. The number of nitrogens with one attached hydrogen (secondary N) is 2. The van der Waals surface area contributed by atoms with E-state index in [4.69, 9.17) is 0 Å². The molecule has 1 aliphatic heterocycles. The second kappa shape index (κ2) is 9.53. The quantitative estimate of drug-likeness (QED) is 0.769. The summed E-state index contributed by atoms with van der Waals surface area (Å²) in [6.07, 6.45) is 2.66. The van der Waals surface area contributed by atoms with E-state index in [0.29, 0.717) is 18.5 Å². The molecule has 0 saturated carbocycles. The van der Waals surface area contributed by atoms with Gasteiger partial charge in [-0.2, -0.15) is 0 Å². The van der Waals surface area contributed by atoms with Gasteiger partial charge in [-0.05, 0) is 36.0 Å². The number of hydrogen-bond acceptors (Lipinski definition) is 3. The van der Waals surface area contributed by atoms with Crippen molar-refractivity contribution < 1.29 is 14.4 Å². The van der Waals surface area contributed by atoms with Crippen LogP contribution in [0.5, 0.6) is 0 Å². The topological polar surface area (TPSA) is 78.5 Å². The summed E-state index contributed by atoms with van der Waals surface area (Å²) in [5.41, 5.74) is 1.80. The summed E-state index contributed by atoms with van der Waals surface area (Å²) in [4.78, 5) is 37.7. The highest BCUT2D eigenvalue weighted by atomic mass is 16.2. The van der Waals surface area contributed by atoms with Crippen LogP contribution in [0.3, 0.4) is 0 Å². The average molecular weight is 373 g/mol.